The van der Waals surface area contributed by atoms with Crippen molar-refractivity contribution in [3.8, 4) is 0 Å². The molecule has 1 aliphatic carbocycles. The standard InChI is InChI=1S/C19H30N4O2.2ClH/c1-2-13-25-18-14-15(3-4-17(18)20)19(24)23-11-9-22(10-12-23)16-5-7-21-8-6-16;;/h5-8,15,17-18H,2-4,9-14,20H2,1H3;2*1H/t15-,17-,18-;;/m0../s1. The van der Waals surface area contributed by atoms with Crippen LogP contribution in [0.3, 0.4) is 0 Å². The van der Waals surface area contributed by atoms with Crippen LogP contribution in [0.15, 0.2) is 24.5 Å². The lowest BCUT2D eigenvalue weighted by Crippen LogP contribution is -2.52. The second-order valence-corrected chi connectivity index (χ2v) is 7.10. The smallest absolute Gasteiger partial charge is 0.225 e. The Morgan fingerprint density at radius 2 is 1.85 bits per heavy atom. The zero-order valence-corrected chi connectivity index (χ0v) is 17.6. The molecule has 3 atom stereocenters. The van der Waals surface area contributed by atoms with E-state index in [1.165, 1.54) is 5.69 Å². The molecule has 6 nitrogen and oxygen atoms in total. The summed E-state index contributed by atoms with van der Waals surface area (Å²) in [5.41, 5.74) is 7.36. The number of nitrogens with two attached hydrogens (primary N) is 1. The van der Waals surface area contributed by atoms with E-state index in [-0.39, 0.29) is 48.8 Å². The Morgan fingerprint density at radius 1 is 1.19 bits per heavy atom. The van der Waals surface area contributed by atoms with Crippen LogP contribution in [0, 0.1) is 5.92 Å². The van der Waals surface area contributed by atoms with Gasteiger partial charge in [-0.3, -0.25) is 9.78 Å². The lowest BCUT2D eigenvalue weighted by Gasteiger charge is -2.40. The normalized spacial score (nSPS) is 25.3. The Labute approximate surface area is 174 Å². The van der Waals surface area contributed by atoms with Crippen molar-refractivity contribution >= 4 is 36.4 Å². The van der Waals surface area contributed by atoms with Crippen LogP contribution in [0.1, 0.15) is 32.6 Å². The number of hydrogen-bond acceptors (Lipinski definition) is 5. The average molecular weight is 419 g/mol. The first-order valence-corrected chi connectivity index (χ1v) is 9.50. The fourth-order valence-electron chi connectivity index (χ4n) is 3.84. The Hall–Kier alpha value is -1.08. The molecule has 1 aromatic heterocycles. The third-order valence-corrected chi connectivity index (χ3v) is 5.35. The molecule has 0 spiro atoms. The number of nitrogens with zero attached hydrogens (tertiary/aromatic N) is 3. The minimum absolute atomic E-state index is 0. The Balaban J connectivity index is 0.00000182. The van der Waals surface area contributed by atoms with Gasteiger partial charge in [0.05, 0.1) is 6.10 Å². The van der Waals surface area contributed by atoms with E-state index < -0.39 is 0 Å². The van der Waals surface area contributed by atoms with Gasteiger partial charge in [-0.2, -0.15) is 0 Å². The maximum atomic E-state index is 12.9. The quantitative estimate of drug-likeness (QED) is 0.794. The molecule has 1 saturated carbocycles. The number of halogens is 2. The lowest BCUT2D eigenvalue weighted by atomic mass is 9.83. The number of amides is 1. The number of carbonyl (C=O) groups is 1. The van der Waals surface area contributed by atoms with E-state index in [1.807, 2.05) is 29.4 Å². The summed E-state index contributed by atoms with van der Waals surface area (Å²) in [4.78, 5) is 21.3. The average Bonchev–Trinajstić information content (AvgIpc) is 2.67. The van der Waals surface area contributed by atoms with Crippen LogP contribution in [0.2, 0.25) is 0 Å². The molecule has 27 heavy (non-hydrogen) atoms. The van der Waals surface area contributed by atoms with Crippen molar-refractivity contribution in [1.82, 2.24) is 9.88 Å². The van der Waals surface area contributed by atoms with Gasteiger partial charge in [0.2, 0.25) is 5.91 Å². The largest absolute Gasteiger partial charge is 0.377 e. The van der Waals surface area contributed by atoms with E-state index >= 15 is 0 Å². The minimum atomic E-state index is 0. The van der Waals surface area contributed by atoms with Gasteiger partial charge in [0.1, 0.15) is 0 Å². The molecule has 154 valence electrons. The van der Waals surface area contributed by atoms with E-state index in [1.54, 1.807) is 0 Å². The van der Waals surface area contributed by atoms with Crippen molar-refractivity contribution < 1.29 is 9.53 Å². The number of hydrogen-bond donors (Lipinski definition) is 1. The third kappa shape index (κ3) is 6.21. The summed E-state index contributed by atoms with van der Waals surface area (Å²) in [7, 11) is 0. The van der Waals surface area contributed by atoms with Crippen molar-refractivity contribution in [2.45, 2.75) is 44.8 Å². The third-order valence-electron chi connectivity index (χ3n) is 5.35. The fraction of sp³-hybridized carbons (Fsp3) is 0.684. The van der Waals surface area contributed by atoms with Crippen molar-refractivity contribution in [2.24, 2.45) is 11.7 Å². The first kappa shape index (κ1) is 24.0. The molecular weight excluding hydrogens is 387 g/mol. The summed E-state index contributed by atoms with van der Waals surface area (Å²) in [6.07, 6.45) is 7.17. The second-order valence-electron chi connectivity index (χ2n) is 7.10. The minimum Gasteiger partial charge on any atom is -0.377 e. The first-order chi connectivity index (χ1) is 12.2. The van der Waals surface area contributed by atoms with Gasteiger partial charge in [0.15, 0.2) is 0 Å². The van der Waals surface area contributed by atoms with Gasteiger partial charge in [0.25, 0.3) is 0 Å². The topological polar surface area (TPSA) is 71.7 Å². The SMILES string of the molecule is CCCO[C@H]1C[C@@H](C(=O)N2CCN(c3ccncc3)CC2)CC[C@@H]1N.Cl.Cl. The number of pyridine rings is 1. The monoisotopic (exact) mass is 418 g/mol. The molecule has 8 heteroatoms. The van der Waals surface area contributed by atoms with E-state index in [0.717, 1.165) is 58.5 Å². The molecule has 3 rings (SSSR count). The van der Waals surface area contributed by atoms with Crippen molar-refractivity contribution in [3.05, 3.63) is 24.5 Å². The molecule has 1 aromatic rings. The zero-order chi connectivity index (χ0) is 17.6. The number of anilines is 1. The zero-order valence-electron chi connectivity index (χ0n) is 16.0. The van der Waals surface area contributed by atoms with E-state index in [9.17, 15) is 4.79 Å². The van der Waals surface area contributed by atoms with E-state index in [4.69, 9.17) is 10.5 Å². The van der Waals surface area contributed by atoms with Crippen LogP contribution >= 0.6 is 24.8 Å². The predicted octanol–water partition coefficient (Wildman–Crippen LogP) is 2.50. The van der Waals surface area contributed by atoms with Crippen molar-refractivity contribution in [2.75, 3.05) is 37.7 Å². The highest BCUT2D eigenvalue weighted by Gasteiger charge is 2.35. The van der Waals surface area contributed by atoms with Crippen LogP contribution in [-0.4, -0.2) is 60.7 Å². The summed E-state index contributed by atoms with van der Waals surface area (Å²) in [5.74, 6) is 0.348. The molecule has 1 saturated heterocycles. The maximum Gasteiger partial charge on any atom is 0.225 e. The summed E-state index contributed by atoms with van der Waals surface area (Å²) < 4.78 is 5.88. The van der Waals surface area contributed by atoms with Gasteiger partial charge < -0.3 is 20.3 Å². The highest BCUT2D eigenvalue weighted by molar-refractivity contribution is 5.85. The summed E-state index contributed by atoms with van der Waals surface area (Å²) in [6.45, 7) is 6.13. The Morgan fingerprint density at radius 3 is 2.48 bits per heavy atom. The van der Waals surface area contributed by atoms with Crippen LogP contribution in [0.4, 0.5) is 5.69 Å². The number of piperazine rings is 1. The van der Waals surface area contributed by atoms with Crippen LogP contribution in [0.25, 0.3) is 0 Å². The number of ether oxygens (including phenoxy) is 1. The number of rotatable bonds is 5. The Kier molecular flexibility index (Phi) is 10.4. The second kappa shape index (κ2) is 11.7. The van der Waals surface area contributed by atoms with Gasteiger partial charge in [-0.25, -0.2) is 0 Å². The molecule has 2 fully saturated rings. The molecule has 2 aliphatic rings. The number of carbonyl (C=O) groups excluding carboxylic acids is 1. The molecule has 0 radical (unpaired) electrons. The molecule has 0 unspecified atom stereocenters. The van der Waals surface area contributed by atoms with E-state index in [2.05, 4.69) is 16.8 Å². The van der Waals surface area contributed by atoms with Crippen LogP contribution in [0.5, 0.6) is 0 Å². The van der Waals surface area contributed by atoms with Gasteiger partial charge >= 0.3 is 0 Å². The van der Waals surface area contributed by atoms with Crippen LogP contribution in [-0.2, 0) is 9.53 Å². The molecule has 1 amide bonds. The van der Waals surface area contributed by atoms with Gasteiger partial charge in [-0.05, 0) is 37.8 Å². The number of aromatic nitrogens is 1. The van der Waals surface area contributed by atoms with Gasteiger partial charge in [-0.1, -0.05) is 6.92 Å². The van der Waals surface area contributed by atoms with E-state index in [0.29, 0.717) is 0 Å². The molecule has 2 N–H and O–H groups in total. The van der Waals surface area contributed by atoms with Crippen LogP contribution < -0.4 is 10.6 Å². The molecule has 2 heterocycles. The molecular formula is C19H32Cl2N4O2. The van der Waals surface area contributed by atoms with Gasteiger partial charge in [0, 0.05) is 62.8 Å². The fourth-order valence-corrected chi connectivity index (χ4v) is 3.84. The molecule has 1 aliphatic heterocycles. The highest BCUT2D eigenvalue weighted by Crippen LogP contribution is 2.28. The molecule has 0 aromatic carbocycles. The first-order valence-electron chi connectivity index (χ1n) is 9.50. The van der Waals surface area contributed by atoms with Gasteiger partial charge in [-0.15, -0.1) is 24.8 Å². The summed E-state index contributed by atoms with van der Waals surface area (Å²) in [5, 5.41) is 0. The Bertz CT molecular complexity index is 556. The predicted molar refractivity (Wildman–Crippen MR) is 113 cm³/mol. The van der Waals surface area contributed by atoms with Crippen molar-refractivity contribution in [3.63, 3.8) is 0 Å². The maximum absolute atomic E-state index is 12.9. The summed E-state index contributed by atoms with van der Waals surface area (Å²) in [6, 6.07) is 4.12. The van der Waals surface area contributed by atoms with Crippen molar-refractivity contribution in [1.29, 1.82) is 0 Å². The summed E-state index contributed by atoms with van der Waals surface area (Å²) >= 11 is 0. The highest BCUT2D eigenvalue weighted by atomic mass is 35.5. The lowest BCUT2D eigenvalue weighted by molar-refractivity contribution is -0.139. The molecule has 0 bridgehead atoms.